The molecular formula is C16H18N2O8. The molecule has 1 heterocycles. The summed E-state index contributed by atoms with van der Waals surface area (Å²) < 4.78 is 4.97. The van der Waals surface area contributed by atoms with Gasteiger partial charge in [0, 0.05) is 18.9 Å². The van der Waals surface area contributed by atoms with E-state index >= 15 is 0 Å². The molecule has 1 aromatic carbocycles. The van der Waals surface area contributed by atoms with Crippen LogP contribution in [0.2, 0.25) is 0 Å². The fraction of sp³-hybridized carbons (Fsp3) is 0.375. The molecular weight excluding hydrogens is 348 g/mol. The Kier molecular flexibility index (Phi) is 5.34. The van der Waals surface area contributed by atoms with E-state index < -0.39 is 29.5 Å². The Labute approximate surface area is 148 Å². The van der Waals surface area contributed by atoms with Crippen molar-refractivity contribution in [3.8, 4) is 11.5 Å². The van der Waals surface area contributed by atoms with Crippen molar-refractivity contribution < 1.29 is 38.7 Å². The molecule has 0 unspecified atom stereocenters. The van der Waals surface area contributed by atoms with Crippen molar-refractivity contribution in [2.24, 2.45) is 0 Å². The highest BCUT2D eigenvalue weighted by molar-refractivity contribution is 6.02. The summed E-state index contributed by atoms with van der Waals surface area (Å²) in [5.74, 6) is -2.77. The maximum atomic E-state index is 12.1. The van der Waals surface area contributed by atoms with E-state index in [1.54, 1.807) is 20.8 Å². The molecule has 0 atom stereocenters. The van der Waals surface area contributed by atoms with Crippen molar-refractivity contribution in [3.63, 3.8) is 0 Å². The van der Waals surface area contributed by atoms with Crippen molar-refractivity contribution in [3.05, 3.63) is 23.8 Å². The number of hydroxylamine groups is 3. The summed E-state index contributed by atoms with van der Waals surface area (Å²) in [5.41, 5.74) is 1.06. The summed E-state index contributed by atoms with van der Waals surface area (Å²) in [7, 11) is 0. The third kappa shape index (κ3) is 5.10. The average Bonchev–Trinajstić information content (AvgIpc) is 2.82. The van der Waals surface area contributed by atoms with Gasteiger partial charge in [-0.1, -0.05) is 0 Å². The van der Waals surface area contributed by atoms with Gasteiger partial charge in [-0.2, -0.15) is 5.48 Å². The standard InChI is InChI=1S/C16H18N2O8/c1-16(2,3)24-15(23)17-25-11-7-9(6-10(19)8-11)14(22)26-18-12(20)4-5-13(18)21/h6-8,19H,4-5H2,1-3H3,(H,17,23). The number of carbonyl (C=O) groups is 4. The predicted molar refractivity (Wildman–Crippen MR) is 84.6 cm³/mol. The Hall–Kier alpha value is -3.30. The molecule has 1 saturated heterocycles. The predicted octanol–water partition coefficient (Wildman–Crippen LogP) is 1.43. The average molecular weight is 366 g/mol. The van der Waals surface area contributed by atoms with Gasteiger partial charge in [-0.3, -0.25) is 9.59 Å². The van der Waals surface area contributed by atoms with Crippen LogP contribution in [0.15, 0.2) is 18.2 Å². The Morgan fingerprint density at radius 1 is 1.12 bits per heavy atom. The van der Waals surface area contributed by atoms with Gasteiger partial charge in [-0.15, -0.1) is 5.06 Å². The van der Waals surface area contributed by atoms with Crippen LogP contribution in [-0.2, 0) is 19.2 Å². The number of nitrogens with zero attached hydrogens (tertiary/aromatic N) is 1. The number of hydrogen-bond donors (Lipinski definition) is 2. The van der Waals surface area contributed by atoms with Crippen LogP contribution < -0.4 is 10.3 Å². The van der Waals surface area contributed by atoms with Gasteiger partial charge in [-0.25, -0.2) is 9.59 Å². The molecule has 3 amide bonds. The van der Waals surface area contributed by atoms with Crippen LogP contribution in [0.5, 0.6) is 11.5 Å². The summed E-state index contributed by atoms with van der Waals surface area (Å²) in [5, 5.41) is 10.1. The minimum absolute atomic E-state index is 0.0413. The highest BCUT2D eigenvalue weighted by Gasteiger charge is 2.33. The van der Waals surface area contributed by atoms with Crippen LogP contribution in [0.25, 0.3) is 0 Å². The monoisotopic (exact) mass is 366 g/mol. The number of carbonyl (C=O) groups excluding carboxylic acids is 4. The van der Waals surface area contributed by atoms with Gasteiger partial charge in [0.05, 0.1) is 5.56 Å². The number of nitrogens with one attached hydrogen (secondary N) is 1. The summed E-state index contributed by atoms with van der Waals surface area (Å²) in [6.45, 7) is 4.99. The second-order valence-electron chi connectivity index (χ2n) is 6.38. The lowest BCUT2D eigenvalue weighted by Gasteiger charge is -2.19. The molecule has 2 rings (SSSR count). The smallest absolute Gasteiger partial charge is 0.441 e. The Morgan fingerprint density at radius 2 is 1.73 bits per heavy atom. The van der Waals surface area contributed by atoms with Crippen LogP contribution >= 0.6 is 0 Å². The normalized spacial score (nSPS) is 14.2. The molecule has 0 radical (unpaired) electrons. The van der Waals surface area contributed by atoms with E-state index in [1.165, 1.54) is 0 Å². The fourth-order valence-electron chi connectivity index (χ4n) is 1.95. The van der Waals surface area contributed by atoms with Crippen LogP contribution in [0.3, 0.4) is 0 Å². The van der Waals surface area contributed by atoms with Crippen LogP contribution in [0.4, 0.5) is 4.79 Å². The second-order valence-corrected chi connectivity index (χ2v) is 6.38. The number of benzene rings is 1. The molecule has 0 aliphatic carbocycles. The molecule has 10 nitrogen and oxygen atoms in total. The quantitative estimate of drug-likeness (QED) is 0.604. The maximum Gasteiger partial charge on any atom is 0.441 e. The lowest BCUT2D eigenvalue weighted by atomic mass is 10.2. The van der Waals surface area contributed by atoms with E-state index in [0.717, 1.165) is 18.2 Å². The molecule has 0 spiro atoms. The van der Waals surface area contributed by atoms with Gasteiger partial charge in [-0.05, 0) is 32.9 Å². The highest BCUT2D eigenvalue weighted by Crippen LogP contribution is 2.23. The number of phenols is 1. The molecule has 0 aromatic heterocycles. The number of rotatable bonds is 4. The van der Waals surface area contributed by atoms with Crippen LogP contribution in [-0.4, -0.2) is 39.6 Å². The minimum atomic E-state index is -1.05. The summed E-state index contributed by atoms with van der Waals surface area (Å²) in [6, 6.07) is 3.32. The highest BCUT2D eigenvalue weighted by atomic mass is 16.7. The first kappa shape index (κ1) is 19.0. The number of phenolic OH excluding ortho intramolecular Hbond substituents is 1. The van der Waals surface area contributed by atoms with Gasteiger partial charge in [0.2, 0.25) is 0 Å². The molecule has 26 heavy (non-hydrogen) atoms. The minimum Gasteiger partial charge on any atom is -0.508 e. The van der Waals surface area contributed by atoms with E-state index in [9.17, 15) is 24.3 Å². The topological polar surface area (TPSA) is 131 Å². The first-order valence-corrected chi connectivity index (χ1v) is 7.63. The summed E-state index contributed by atoms with van der Waals surface area (Å²) >= 11 is 0. The van der Waals surface area contributed by atoms with E-state index in [1.807, 2.05) is 5.48 Å². The molecule has 0 bridgehead atoms. The number of hydrogen-bond acceptors (Lipinski definition) is 8. The number of amides is 3. The van der Waals surface area contributed by atoms with Crippen molar-refractivity contribution >= 4 is 23.9 Å². The number of imide groups is 1. The largest absolute Gasteiger partial charge is 0.508 e. The molecule has 140 valence electrons. The molecule has 1 aromatic rings. The first-order chi connectivity index (χ1) is 12.0. The van der Waals surface area contributed by atoms with Gasteiger partial charge < -0.3 is 19.5 Å². The fourth-order valence-corrected chi connectivity index (χ4v) is 1.95. The molecule has 10 heteroatoms. The van der Waals surface area contributed by atoms with Crippen molar-refractivity contribution in [1.82, 2.24) is 10.5 Å². The lowest BCUT2D eigenvalue weighted by Crippen LogP contribution is -2.34. The molecule has 1 aliphatic rings. The van der Waals surface area contributed by atoms with Crippen LogP contribution in [0.1, 0.15) is 44.0 Å². The van der Waals surface area contributed by atoms with E-state index in [2.05, 4.69) is 0 Å². The van der Waals surface area contributed by atoms with Gasteiger partial charge in [0.15, 0.2) is 5.75 Å². The molecule has 1 fully saturated rings. The Bertz CT molecular complexity index is 737. The van der Waals surface area contributed by atoms with Crippen LogP contribution in [0, 0.1) is 0 Å². The third-order valence-electron chi connectivity index (χ3n) is 2.96. The third-order valence-corrected chi connectivity index (χ3v) is 2.96. The van der Waals surface area contributed by atoms with Gasteiger partial charge in [0.1, 0.15) is 11.4 Å². The zero-order valence-electron chi connectivity index (χ0n) is 14.4. The van der Waals surface area contributed by atoms with Crippen molar-refractivity contribution in [1.29, 1.82) is 0 Å². The number of ether oxygens (including phenoxy) is 1. The SMILES string of the molecule is CC(C)(C)OC(=O)NOc1cc(O)cc(C(=O)ON2C(=O)CCC2=O)c1. The van der Waals surface area contributed by atoms with Gasteiger partial charge >= 0.3 is 12.1 Å². The van der Waals surface area contributed by atoms with E-state index in [4.69, 9.17) is 14.4 Å². The maximum absolute atomic E-state index is 12.1. The van der Waals surface area contributed by atoms with E-state index in [-0.39, 0.29) is 29.9 Å². The molecule has 1 aliphatic heterocycles. The summed E-state index contributed by atoms with van der Waals surface area (Å²) in [6.07, 6.45) is -0.959. The zero-order chi connectivity index (χ0) is 19.5. The summed E-state index contributed by atoms with van der Waals surface area (Å²) in [4.78, 5) is 56.3. The first-order valence-electron chi connectivity index (χ1n) is 7.63. The lowest BCUT2D eigenvalue weighted by molar-refractivity contribution is -0.172. The van der Waals surface area contributed by atoms with Crippen molar-refractivity contribution in [2.45, 2.75) is 39.2 Å². The molecule has 0 saturated carbocycles. The second kappa shape index (κ2) is 7.30. The van der Waals surface area contributed by atoms with E-state index in [0.29, 0.717) is 5.06 Å². The zero-order valence-corrected chi connectivity index (χ0v) is 14.4. The number of aromatic hydroxyl groups is 1. The van der Waals surface area contributed by atoms with Crippen molar-refractivity contribution in [2.75, 3.05) is 0 Å². The Morgan fingerprint density at radius 3 is 2.31 bits per heavy atom. The van der Waals surface area contributed by atoms with Gasteiger partial charge in [0.25, 0.3) is 11.8 Å². The molecule has 2 N–H and O–H groups in total. The Balaban J connectivity index is 2.04.